The van der Waals surface area contributed by atoms with Gasteiger partial charge in [-0.05, 0) is 111 Å². The molecule has 0 aromatic carbocycles. The molecule has 0 bridgehead atoms. The first-order chi connectivity index (χ1) is 21.1. The van der Waals surface area contributed by atoms with Crippen LogP contribution in [0.2, 0.25) is 0 Å². The van der Waals surface area contributed by atoms with Crippen LogP contribution in [-0.4, -0.2) is 90.4 Å². The lowest BCUT2D eigenvalue weighted by molar-refractivity contribution is -0.256. The highest BCUT2D eigenvalue weighted by Crippen LogP contribution is 2.89. The van der Waals surface area contributed by atoms with Crippen LogP contribution in [0, 0.1) is 56.7 Å². The predicted molar refractivity (Wildman–Crippen MR) is 172 cm³/mol. The molecule has 5 aliphatic carbocycles. The topological polar surface area (TPSA) is 80.6 Å². The number of nitrogens with zero attached hydrogens (tertiary/aromatic N) is 1. The van der Waals surface area contributed by atoms with Crippen molar-refractivity contribution in [2.45, 2.75) is 149 Å². The second kappa shape index (κ2) is 10.1. The van der Waals surface area contributed by atoms with Crippen LogP contribution in [0.4, 0.5) is 0 Å². The van der Waals surface area contributed by atoms with Crippen LogP contribution in [0.15, 0.2) is 0 Å². The molecule has 8 rings (SSSR count). The number of hydrogen-bond acceptors (Lipinski definition) is 7. The van der Waals surface area contributed by atoms with Crippen molar-refractivity contribution in [3.8, 4) is 0 Å². The minimum Gasteiger partial charge on any atom is -0.390 e. The lowest BCUT2D eigenvalue weighted by Crippen LogP contribution is -2.60. The zero-order valence-corrected chi connectivity index (χ0v) is 29.5. The van der Waals surface area contributed by atoms with Crippen molar-refractivity contribution in [2.75, 3.05) is 32.9 Å². The summed E-state index contributed by atoms with van der Waals surface area (Å²) in [6.07, 6.45) is 9.09. The average Bonchev–Trinajstić information content (AvgIpc) is 3.57. The molecule has 3 saturated heterocycles. The van der Waals surface area contributed by atoms with Gasteiger partial charge in [-0.3, -0.25) is 4.90 Å². The van der Waals surface area contributed by atoms with E-state index in [2.05, 4.69) is 46.4 Å². The fourth-order valence-electron chi connectivity index (χ4n) is 14.0. The SMILES string of the molecule is CC(C1C[C@@H](C)[C@H]2C(O1)[C@H](O)[C@@]1(C)C3CC[C@H]4C(C)(C)C(O[C@H]5CN(C6COC6)CCO5)CCC45CC35CCC21C)C(C)(C)O. The molecule has 5 saturated carbocycles. The molecular formula is C38H63NO6. The second-order valence-electron chi connectivity index (χ2n) is 19.1. The number of morpholine rings is 1. The van der Waals surface area contributed by atoms with Gasteiger partial charge >= 0.3 is 0 Å². The van der Waals surface area contributed by atoms with Crippen LogP contribution in [0.25, 0.3) is 0 Å². The Balaban J connectivity index is 1.03. The van der Waals surface area contributed by atoms with Crippen molar-refractivity contribution in [1.29, 1.82) is 0 Å². The van der Waals surface area contributed by atoms with Crippen molar-refractivity contribution < 1.29 is 29.2 Å². The number of aliphatic hydroxyl groups excluding tert-OH is 1. The Morgan fingerprint density at radius 3 is 2.38 bits per heavy atom. The normalized spacial score (nSPS) is 54.9. The highest BCUT2D eigenvalue weighted by Gasteiger charge is 2.84. The summed E-state index contributed by atoms with van der Waals surface area (Å²) >= 11 is 0. The first kappa shape index (κ1) is 32.0. The quantitative estimate of drug-likeness (QED) is 0.407. The maximum Gasteiger partial charge on any atom is 0.170 e. The molecule has 3 heterocycles. The number of fused-ring (bicyclic) bond motifs is 4. The van der Waals surface area contributed by atoms with Gasteiger partial charge < -0.3 is 29.2 Å². The predicted octanol–water partition coefficient (Wildman–Crippen LogP) is 5.65. The first-order valence-electron chi connectivity index (χ1n) is 18.7. The summed E-state index contributed by atoms with van der Waals surface area (Å²) < 4.78 is 25.5. The van der Waals surface area contributed by atoms with Crippen LogP contribution in [0.1, 0.15) is 107 Å². The third-order valence-corrected chi connectivity index (χ3v) is 17.0. The molecule has 8 aliphatic rings. The summed E-state index contributed by atoms with van der Waals surface area (Å²) in [7, 11) is 0. The zero-order chi connectivity index (χ0) is 31.9. The summed E-state index contributed by atoms with van der Waals surface area (Å²) in [5.74, 6) is 2.06. The van der Waals surface area contributed by atoms with E-state index in [1.54, 1.807) is 0 Å². The van der Waals surface area contributed by atoms with E-state index in [4.69, 9.17) is 18.9 Å². The molecule has 0 amide bonds. The van der Waals surface area contributed by atoms with Gasteiger partial charge in [0.1, 0.15) is 0 Å². The Bertz CT molecular complexity index is 1170. The van der Waals surface area contributed by atoms with Gasteiger partial charge in [0.25, 0.3) is 0 Å². The highest BCUT2D eigenvalue weighted by atomic mass is 16.7. The molecule has 45 heavy (non-hydrogen) atoms. The van der Waals surface area contributed by atoms with Gasteiger partial charge in [-0.2, -0.15) is 0 Å². The summed E-state index contributed by atoms with van der Waals surface area (Å²) in [6.45, 7) is 22.6. The summed E-state index contributed by atoms with van der Waals surface area (Å²) in [5.41, 5.74) is -0.0696. The molecule has 7 nitrogen and oxygen atoms in total. The van der Waals surface area contributed by atoms with Crippen LogP contribution in [0.5, 0.6) is 0 Å². The molecule has 2 N–H and O–H groups in total. The van der Waals surface area contributed by atoms with Crippen LogP contribution < -0.4 is 0 Å². The highest BCUT2D eigenvalue weighted by molar-refractivity contribution is 5.33. The molecule has 14 atom stereocenters. The lowest BCUT2D eigenvalue weighted by Gasteiger charge is -2.64. The maximum atomic E-state index is 12.5. The van der Waals surface area contributed by atoms with Crippen molar-refractivity contribution in [3.05, 3.63) is 0 Å². The monoisotopic (exact) mass is 629 g/mol. The summed E-state index contributed by atoms with van der Waals surface area (Å²) in [5, 5.41) is 23.4. The maximum absolute atomic E-state index is 12.5. The van der Waals surface area contributed by atoms with E-state index in [0.717, 1.165) is 45.8 Å². The Kier molecular flexibility index (Phi) is 7.20. The third-order valence-electron chi connectivity index (χ3n) is 17.0. The average molecular weight is 630 g/mol. The summed E-state index contributed by atoms with van der Waals surface area (Å²) in [6, 6.07) is 0.529. The molecule has 8 unspecified atom stereocenters. The molecule has 3 aliphatic heterocycles. The fourth-order valence-corrected chi connectivity index (χ4v) is 14.0. The minimum atomic E-state index is -0.798. The lowest BCUT2D eigenvalue weighted by atomic mass is 9.41. The summed E-state index contributed by atoms with van der Waals surface area (Å²) in [4.78, 5) is 2.51. The van der Waals surface area contributed by atoms with E-state index in [0.29, 0.717) is 40.5 Å². The number of ether oxygens (including phenoxy) is 4. The number of aliphatic hydroxyl groups is 2. The molecule has 0 radical (unpaired) electrons. The van der Waals surface area contributed by atoms with E-state index in [9.17, 15) is 10.2 Å². The van der Waals surface area contributed by atoms with Gasteiger partial charge in [0.2, 0.25) is 0 Å². The van der Waals surface area contributed by atoms with E-state index < -0.39 is 11.7 Å². The van der Waals surface area contributed by atoms with Crippen LogP contribution in [0.3, 0.4) is 0 Å². The zero-order valence-electron chi connectivity index (χ0n) is 29.5. The van der Waals surface area contributed by atoms with Gasteiger partial charge in [-0.25, -0.2) is 0 Å². The largest absolute Gasteiger partial charge is 0.390 e. The van der Waals surface area contributed by atoms with Crippen LogP contribution >= 0.6 is 0 Å². The Hall–Kier alpha value is -0.280. The van der Waals surface area contributed by atoms with Crippen molar-refractivity contribution >= 4 is 0 Å². The van der Waals surface area contributed by atoms with Gasteiger partial charge in [0.05, 0.1) is 62.4 Å². The third kappa shape index (κ3) is 4.13. The Morgan fingerprint density at radius 2 is 1.69 bits per heavy atom. The smallest absolute Gasteiger partial charge is 0.170 e. The van der Waals surface area contributed by atoms with E-state index >= 15 is 0 Å². The number of rotatable bonds is 5. The van der Waals surface area contributed by atoms with Gasteiger partial charge in [-0.15, -0.1) is 0 Å². The van der Waals surface area contributed by atoms with Crippen molar-refractivity contribution in [2.24, 2.45) is 56.7 Å². The fraction of sp³-hybridized carbons (Fsp3) is 1.00. The van der Waals surface area contributed by atoms with E-state index in [1.807, 2.05) is 13.8 Å². The molecule has 0 aromatic rings. The first-order valence-corrected chi connectivity index (χ1v) is 18.7. The van der Waals surface area contributed by atoms with Gasteiger partial charge in [0, 0.05) is 17.9 Å². The Labute approximate surface area is 272 Å². The number of hydrogen-bond donors (Lipinski definition) is 2. The molecule has 8 fully saturated rings. The van der Waals surface area contributed by atoms with E-state index in [-0.39, 0.29) is 46.8 Å². The van der Waals surface area contributed by atoms with Gasteiger partial charge in [0.15, 0.2) is 6.29 Å². The second-order valence-corrected chi connectivity index (χ2v) is 19.1. The minimum absolute atomic E-state index is 0.0152. The van der Waals surface area contributed by atoms with Crippen LogP contribution in [-0.2, 0) is 18.9 Å². The molecular weight excluding hydrogens is 566 g/mol. The molecule has 2 spiro atoms. The molecule has 256 valence electrons. The Morgan fingerprint density at radius 1 is 0.978 bits per heavy atom. The molecule has 0 aromatic heterocycles. The van der Waals surface area contributed by atoms with E-state index in [1.165, 1.54) is 38.5 Å². The molecule has 7 heteroatoms. The van der Waals surface area contributed by atoms with Crippen molar-refractivity contribution in [3.63, 3.8) is 0 Å². The van der Waals surface area contributed by atoms with Gasteiger partial charge in [-0.1, -0.05) is 41.5 Å². The van der Waals surface area contributed by atoms with Crippen molar-refractivity contribution in [1.82, 2.24) is 4.90 Å². The standard InChI is InChI=1S/C38H63NO6/c1-22-17-25(23(2)34(5,6)41)44-31-30(22)35(7)13-14-38-21-37(38)12-11-28(45-29-18-39(15-16-43-29)24-19-42-20-24)33(3,4)26(37)9-10-27(38)36(35,8)32(31)40/h22-32,40-41H,9-21H2,1-8H3/t22-,23?,25?,26+,27?,28?,29+,30+,31?,32+,35?,36-,37?,38?/m1/s1.